The summed E-state index contributed by atoms with van der Waals surface area (Å²) in [5, 5.41) is 24.4. The molecule has 4 heterocycles. The summed E-state index contributed by atoms with van der Waals surface area (Å²) in [6.07, 6.45) is 4.37. The number of H-pyrrole nitrogens is 1. The van der Waals surface area contributed by atoms with Crippen molar-refractivity contribution in [2.45, 2.75) is 26.9 Å². The van der Waals surface area contributed by atoms with Gasteiger partial charge < -0.3 is 114 Å². The zero-order chi connectivity index (χ0) is 105. The SMILES string of the molecule is CCOP(OCC)OCC.COC(=O)CN1CCOCCOCCOCCOc2cc(-c3cc4ccc(C(=O)OC)cc4[nH]3)ccc21.COC(=O)CN1CCOCCOCCOCCOc2cc(/C=C/c3ccc(C(=O)OC)cc3[N+](=O)[O-])ccc21.COC(=O)CN1CCOCCOCCOCCOc2cc(C=O)ccc21.COC(=O)c1ccc(CP(Br)(c2ccccc2)(c2ccccc2)c2ccccc2)c([N+](=O)[O-])c1. The van der Waals surface area contributed by atoms with Crippen LogP contribution in [0.3, 0.4) is 0 Å². The Bertz CT molecular complexity index is 5700. The molecule has 9 aromatic carbocycles. The Labute approximate surface area is 857 Å². The average Bonchev–Trinajstić information content (AvgIpc) is 0.946. The van der Waals surface area contributed by atoms with E-state index in [9.17, 15) is 53.8 Å². The summed E-state index contributed by atoms with van der Waals surface area (Å²) in [7, 11) is 6.79. The number of nitro groups is 2. The summed E-state index contributed by atoms with van der Waals surface area (Å²) in [6, 6.07) is 62.5. The zero-order valence-electron chi connectivity index (χ0n) is 83.4. The second kappa shape index (κ2) is 63.6. The van der Waals surface area contributed by atoms with Crippen LogP contribution < -0.4 is 44.8 Å². The minimum atomic E-state index is -3.43. The first-order valence-corrected chi connectivity index (χ1v) is 52.6. The monoisotopic (exact) mass is 2120 g/mol. The number of fused-ring (bicyclic) bond motifs is 4. The predicted molar refractivity (Wildman–Crippen MR) is 557 cm³/mol. The first-order valence-electron chi connectivity index (χ1n) is 47.1. The fourth-order valence-electron chi connectivity index (χ4n) is 14.9. The number of anilines is 3. The summed E-state index contributed by atoms with van der Waals surface area (Å²) in [4.78, 5) is 115. The van der Waals surface area contributed by atoms with E-state index in [4.69, 9.17) is 94.1 Å². The van der Waals surface area contributed by atoms with Crippen molar-refractivity contribution in [1.29, 1.82) is 0 Å². The van der Waals surface area contributed by atoms with Gasteiger partial charge in [-0.3, -0.25) is 29.3 Å². The fraction of sp³-hybridized carbons (Fsp3) is 0.381. The third kappa shape index (κ3) is 36.1. The number of methoxy groups -OCH3 is 6. The van der Waals surface area contributed by atoms with Crippen molar-refractivity contribution < 1.29 is 142 Å². The van der Waals surface area contributed by atoms with E-state index in [2.05, 4.69) is 61.6 Å². The van der Waals surface area contributed by atoms with Crippen molar-refractivity contribution in [3.63, 3.8) is 0 Å². The molecular weight excluding hydrogens is 2000 g/mol. The van der Waals surface area contributed by atoms with Gasteiger partial charge in [0.1, 0.15) is 63.0 Å². The van der Waals surface area contributed by atoms with E-state index in [1.807, 2.05) is 111 Å². The van der Waals surface area contributed by atoms with E-state index in [0.29, 0.717) is 234 Å². The van der Waals surface area contributed by atoms with Crippen molar-refractivity contribution in [3.05, 3.63) is 265 Å². The Balaban J connectivity index is 0.000000211. The first kappa shape index (κ1) is 117. The Morgan fingerprint density at radius 1 is 0.390 bits per heavy atom. The van der Waals surface area contributed by atoms with Crippen LogP contribution in [0.1, 0.15) is 78.9 Å². The standard InChI is InChI=1S/C27H23BrNO4P.C27H32N2O10.C27H32N2O8.C18H25NO7.C6H15O3P/c1-33-27(30)21-17-18-22(26(19-21)29(31)32)20-34(28,23-11-5-2-6-12-23,24-13-7-3-8-14-24)25-15-9-4-10-16-25;1-34-26(30)19-28-9-10-36-11-12-37-13-14-38-15-16-39-25-17-20(4-8-23(25)28)3-5-21-6-7-22(27(31)35-2)18-24(21)29(32)33;1-32-26(30)18-29-7-8-34-9-10-35-11-12-36-13-14-37-25-17-20(5-6-24(25)29)22-15-19-3-4-21(27(31)33-2)16-23(19)28-22;1-22-18(21)13-19-4-5-23-6-7-24-8-9-25-10-11-26-17-12-15(14-20)2-3-16(17)19;1-4-7-10(8-5-2)9-6-3/h2-19H,20H2,1H3;3-8,17-18H,9-16,19H2,1-2H3;3-6,15-17,28H,7-14,18H2,1-2H3;2-3,12,14H,4-11,13H2,1H3;4-6H2,1-3H3/b;5-3+;;;. The number of halogens is 1. The zero-order valence-corrected chi connectivity index (χ0v) is 86.7. The Morgan fingerprint density at radius 2 is 0.740 bits per heavy atom. The summed E-state index contributed by atoms with van der Waals surface area (Å²) in [6.45, 7) is 17.8. The Hall–Kier alpha value is -12.8. The number of benzene rings is 9. The molecule has 0 amide bonds. The van der Waals surface area contributed by atoms with Crippen molar-refractivity contribution in [3.8, 4) is 28.5 Å². The van der Waals surface area contributed by atoms with Gasteiger partial charge in [0.05, 0.1) is 213 Å². The molecule has 0 saturated carbocycles. The van der Waals surface area contributed by atoms with Gasteiger partial charge in [0, 0.05) is 53.4 Å². The minimum absolute atomic E-state index is 0.0167. The number of nitrogens with one attached hydrogen (secondary N) is 1. The molecule has 0 saturated heterocycles. The number of nitro benzene ring substituents is 2. The number of nitrogens with zero attached hydrogens (tertiary/aromatic N) is 5. The van der Waals surface area contributed by atoms with Crippen molar-refractivity contribution in [1.82, 2.24) is 4.98 Å². The third-order valence-electron chi connectivity index (χ3n) is 22.1. The van der Waals surface area contributed by atoms with Crippen LogP contribution in [0.5, 0.6) is 17.2 Å². The van der Waals surface area contributed by atoms with Crippen LogP contribution in [0, 0.1) is 20.2 Å². The number of rotatable bonds is 26. The second-order valence-electron chi connectivity index (χ2n) is 31.6. The van der Waals surface area contributed by atoms with Gasteiger partial charge in [-0.2, -0.15) is 0 Å². The molecule has 1 aromatic heterocycles. The van der Waals surface area contributed by atoms with E-state index >= 15 is 0 Å². The Kier molecular flexibility index (Phi) is 50.9. The number of aromatic amines is 1. The number of carbonyl (C=O) groups is 7. The van der Waals surface area contributed by atoms with E-state index in [-0.39, 0.29) is 60.7 Å². The van der Waals surface area contributed by atoms with Crippen molar-refractivity contribution >= 4 is 139 Å². The summed E-state index contributed by atoms with van der Waals surface area (Å²) in [5.74, 6) is -1.22. The van der Waals surface area contributed by atoms with Gasteiger partial charge in [0.15, 0.2) is 0 Å². The van der Waals surface area contributed by atoms with Crippen LogP contribution in [-0.2, 0) is 105 Å². The molecule has 3 aliphatic heterocycles. The first-order chi connectivity index (χ1) is 71.0. The number of aromatic nitrogens is 1. The number of aldehydes is 1. The van der Waals surface area contributed by atoms with Gasteiger partial charge in [-0.25, -0.2) is 9.59 Å². The van der Waals surface area contributed by atoms with Gasteiger partial charge >= 0.3 is 245 Å². The van der Waals surface area contributed by atoms with E-state index in [1.54, 1.807) is 82.6 Å². The molecule has 0 unspecified atom stereocenters. The van der Waals surface area contributed by atoms with Gasteiger partial charge in [-0.05, 0) is 105 Å². The molecule has 0 bridgehead atoms. The molecule has 146 heavy (non-hydrogen) atoms. The number of hydrogen-bond acceptors (Lipinski definition) is 35. The van der Waals surface area contributed by atoms with Crippen LogP contribution in [0.15, 0.2) is 206 Å². The second-order valence-corrected chi connectivity index (χ2v) is 41.7. The maximum absolute atomic E-state index is 12.2. The van der Waals surface area contributed by atoms with E-state index in [0.717, 1.165) is 50.0 Å². The van der Waals surface area contributed by atoms with Gasteiger partial charge in [0.2, 0.25) is 0 Å². The molecular formula is C105H127BrN6O32P2. The summed E-state index contributed by atoms with van der Waals surface area (Å²) in [5.41, 5.74) is 7.03. The van der Waals surface area contributed by atoms with E-state index < -0.39 is 47.6 Å². The van der Waals surface area contributed by atoms with E-state index in [1.165, 1.54) is 66.9 Å². The number of ether oxygens (including phenoxy) is 18. The molecule has 1 N–H and O–H groups in total. The molecule has 0 spiro atoms. The molecule has 3 aliphatic rings. The third-order valence-corrected chi connectivity index (χ3v) is 33.1. The maximum atomic E-state index is 12.2. The molecule has 786 valence electrons. The van der Waals surface area contributed by atoms with Crippen LogP contribution in [-0.4, -0.2) is 297 Å². The molecule has 0 radical (unpaired) electrons. The topological polar surface area (TPSA) is 425 Å². The quantitative estimate of drug-likeness (QED) is 0.0100. The van der Waals surface area contributed by atoms with Crippen LogP contribution in [0.25, 0.3) is 34.3 Å². The molecule has 38 nitrogen and oxygen atoms in total. The molecule has 41 heteroatoms. The number of hydrogen-bond donors (Lipinski definition) is 1. The van der Waals surface area contributed by atoms with Gasteiger partial charge in [-0.1, -0.05) is 24.3 Å². The molecule has 0 fully saturated rings. The molecule has 13 rings (SSSR count). The fourth-order valence-corrected chi connectivity index (χ4v) is 23.5. The van der Waals surface area contributed by atoms with Crippen LogP contribution in [0.4, 0.5) is 28.4 Å². The predicted octanol–water partition coefficient (Wildman–Crippen LogP) is 15.0. The summed E-state index contributed by atoms with van der Waals surface area (Å²) < 4.78 is 112. The summed E-state index contributed by atoms with van der Waals surface area (Å²) >= 11 is 4.32. The molecule has 0 aliphatic carbocycles. The van der Waals surface area contributed by atoms with Crippen LogP contribution >= 0.6 is 29.4 Å². The molecule has 0 atom stereocenters. The average molecular weight is 2130 g/mol. The normalized spacial score (nSPS) is 14.8. The van der Waals surface area contributed by atoms with Crippen LogP contribution in [0.2, 0.25) is 0 Å². The molecule has 10 aromatic rings. The van der Waals surface area contributed by atoms with Gasteiger partial charge in [0.25, 0.3) is 5.69 Å². The van der Waals surface area contributed by atoms with Crippen molar-refractivity contribution in [2.75, 3.05) is 255 Å². The number of esters is 6. The van der Waals surface area contributed by atoms with Gasteiger partial charge in [-0.15, -0.1) is 0 Å². The number of carbonyl (C=O) groups excluding carboxylic acids is 7. The Morgan fingerprint density at radius 3 is 1.12 bits per heavy atom. The van der Waals surface area contributed by atoms with Crippen molar-refractivity contribution in [2.24, 2.45) is 0 Å².